The lowest BCUT2D eigenvalue weighted by atomic mass is 10.0. The Labute approximate surface area is 373 Å². The number of piperazine rings is 1. The van der Waals surface area contributed by atoms with Crippen molar-refractivity contribution in [3.63, 3.8) is 0 Å². The largest absolute Gasteiger partial charge is 0.491 e. The van der Waals surface area contributed by atoms with Crippen molar-refractivity contribution in [2.24, 2.45) is 0 Å². The summed E-state index contributed by atoms with van der Waals surface area (Å²) in [6.45, 7) is 9.80. The number of halogens is 2. The van der Waals surface area contributed by atoms with Crippen LogP contribution in [0.4, 0.5) is 27.3 Å². The summed E-state index contributed by atoms with van der Waals surface area (Å²) in [6, 6.07) is 12.0. The van der Waals surface area contributed by atoms with Crippen molar-refractivity contribution in [3.8, 4) is 5.75 Å². The average Bonchev–Trinajstić information content (AvgIpc) is 3.55. The Morgan fingerprint density at radius 3 is 2.50 bits per heavy atom. The average molecular weight is 895 g/mol. The number of benzene rings is 3. The number of rotatable bonds is 15. The smallest absolute Gasteiger partial charge is 0.264 e. The van der Waals surface area contributed by atoms with Crippen LogP contribution in [0.15, 0.2) is 67.5 Å². The molecule has 3 saturated heterocycles. The molecular weight excluding hydrogens is 847 g/mol. The van der Waals surface area contributed by atoms with Crippen LogP contribution in [0.2, 0.25) is 5.02 Å². The van der Waals surface area contributed by atoms with E-state index in [2.05, 4.69) is 47.6 Å². The van der Waals surface area contributed by atoms with Crippen LogP contribution < -0.4 is 26.0 Å². The summed E-state index contributed by atoms with van der Waals surface area (Å²) in [4.78, 5) is 92.8. The van der Waals surface area contributed by atoms with Gasteiger partial charge in [-0.15, -0.1) is 0 Å². The van der Waals surface area contributed by atoms with Gasteiger partial charge < -0.3 is 30.5 Å². The van der Waals surface area contributed by atoms with Crippen LogP contribution >= 0.6 is 11.6 Å². The number of nitrogens with one attached hydrogen (secondary N) is 4. The standard InChI is InChI=1S/C45H48ClFN10O7/c1-2-38(58)52-35-24-30-34(49-26-50-42(30)51-27-7-8-32(47)31(46)23-27)25-37(35)64-22-4-15-54-16-12-28(13-17-54)55-18-20-56(21-19-55)40(60)11-14-48-33-6-3-5-29-41(33)45(63)57(44(29)62)36-9-10-39(59)53-43(36)61/h2-3,5-8,23-26,28,36,48H,1,4,9-22H2,(H,52,58)(H,49,50,51)(H,53,59,61). The molecule has 4 N–H and O–H groups in total. The lowest BCUT2D eigenvalue weighted by molar-refractivity contribution is -0.136. The summed E-state index contributed by atoms with van der Waals surface area (Å²) >= 11 is 5.98. The molecule has 0 radical (unpaired) electrons. The molecule has 0 bridgehead atoms. The summed E-state index contributed by atoms with van der Waals surface area (Å²) in [5.74, 6) is -2.31. The van der Waals surface area contributed by atoms with Gasteiger partial charge >= 0.3 is 0 Å². The first kappa shape index (κ1) is 44.1. The van der Waals surface area contributed by atoms with Gasteiger partial charge in [0.25, 0.3) is 11.8 Å². The zero-order valence-electron chi connectivity index (χ0n) is 35.0. The third kappa shape index (κ3) is 9.68. The highest BCUT2D eigenvalue weighted by Crippen LogP contribution is 2.35. The molecule has 8 rings (SSSR count). The lowest BCUT2D eigenvalue weighted by Gasteiger charge is -2.42. The number of anilines is 4. The molecule has 1 unspecified atom stereocenters. The third-order valence-corrected chi connectivity index (χ3v) is 12.4. The Kier molecular flexibility index (Phi) is 13.4. The maximum atomic E-state index is 13.7. The summed E-state index contributed by atoms with van der Waals surface area (Å²) in [5, 5.41) is 11.9. The molecule has 1 atom stereocenters. The zero-order valence-corrected chi connectivity index (χ0v) is 35.8. The van der Waals surface area contributed by atoms with E-state index in [-0.39, 0.29) is 47.9 Å². The number of piperidine rings is 2. The molecule has 64 heavy (non-hydrogen) atoms. The van der Waals surface area contributed by atoms with Crippen LogP contribution in [-0.2, 0) is 19.2 Å². The number of hydrogen-bond donors (Lipinski definition) is 4. The fourth-order valence-electron chi connectivity index (χ4n) is 8.73. The molecule has 6 amide bonds. The molecule has 0 saturated carbocycles. The SMILES string of the molecule is C=CC(=O)Nc1cc2c(Nc3ccc(F)c(Cl)c3)ncnc2cc1OCCCN1CCC(N2CCN(C(=O)CCNc3cccc4c3C(=O)N(C3CCC(=O)NC3=O)C4=O)CC2)CC1. The quantitative estimate of drug-likeness (QED) is 0.0737. The summed E-state index contributed by atoms with van der Waals surface area (Å²) < 4.78 is 20.0. The van der Waals surface area contributed by atoms with Crippen LogP contribution in [0.1, 0.15) is 59.2 Å². The normalized spacial score (nSPS) is 18.5. The minimum atomic E-state index is -1.05. The number of carbonyl (C=O) groups is 6. The number of carbonyl (C=O) groups excluding carboxylic acids is 6. The molecule has 3 aromatic carbocycles. The van der Waals surface area contributed by atoms with Gasteiger partial charge in [-0.3, -0.25) is 43.9 Å². The molecule has 4 aromatic rings. The van der Waals surface area contributed by atoms with Gasteiger partial charge in [0.15, 0.2) is 0 Å². The van der Waals surface area contributed by atoms with Crippen molar-refractivity contribution >= 4 is 80.8 Å². The van der Waals surface area contributed by atoms with E-state index >= 15 is 0 Å². The molecule has 334 valence electrons. The van der Waals surface area contributed by atoms with E-state index < -0.39 is 41.4 Å². The van der Waals surface area contributed by atoms with E-state index in [0.29, 0.717) is 65.3 Å². The molecule has 0 aliphatic carbocycles. The zero-order chi connectivity index (χ0) is 44.9. The molecule has 4 aliphatic heterocycles. The number of fused-ring (bicyclic) bond motifs is 2. The Morgan fingerprint density at radius 2 is 1.75 bits per heavy atom. The van der Waals surface area contributed by atoms with Gasteiger partial charge in [0.2, 0.25) is 23.6 Å². The second kappa shape index (κ2) is 19.5. The van der Waals surface area contributed by atoms with Crippen LogP contribution in [0, 0.1) is 5.82 Å². The predicted molar refractivity (Wildman–Crippen MR) is 237 cm³/mol. The number of imide groups is 2. The summed E-state index contributed by atoms with van der Waals surface area (Å²) in [6.07, 6.45) is 5.70. The van der Waals surface area contributed by atoms with Gasteiger partial charge in [-0.1, -0.05) is 24.2 Å². The van der Waals surface area contributed by atoms with Crippen molar-refractivity contribution in [1.82, 2.24) is 34.9 Å². The van der Waals surface area contributed by atoms with Gasteiger partial charge in [0.05, 0.1) is 34.0 Å². The summed E-state index contributed by atoms with van der Waals surface area (Å²) in [5.41, 5.74) is 2.31. The first-order valence-electron chi connectivity index (χ1n) is 21.4. The van der Waals surface area contributed by atoms with Crippen LogP contribution in [0.5, 0.6) is 5.75 Å². The monoisotopic (exact) mass is 894 g/mol. The number of ether oxygens (including phenoxy) is 1. The lowest BCUT2D eigenvalue weighted by Crippen LogP contribution is -2.54. The number of aromatic nitrogens is 2. The molecule has 1 aromatic heterocycles. The van der Waals surface area contributed by atoms with Crippen molar-refractivity contribution in [3.05, 3.63) is 89.5 Å². The first-order chi connectivity index (χ1) is 31.0. The Morgan fingerprint density at radius 1 is 0.953 bits per heavy atom. The van der Waals surface area contributed by atoms with E-state index in [1.54, 1.807) is 36.4 Å². The molecule has 5 heterocycles. The number of nitrogens with zero attached hydrogens (tertiary/aromatic N) is 6. The summed E-state index contributed by atoms with van der Waals surface area (Å²) in [7, 11) is 0. The molecule has 19 heteroatoms. The maximum absolute atomic E-state index is 13.7. The van der Waals surface area contributed by atoms with Crippen molar-refractivity contribution < 1.29 is 37.9 Å². The van der Waals surface area contributed by atoms with Crippen molar-refractivity contribution in [2.45, 2.75) is 50.6 Å². The topological polar surface area (TPSA) is 199 Å². The minimum absolute atomic E-state index is 0.00545. The molecular formula is C45H48ClFN10O7. The second-order valence-corrected chi connectivity index (χ2v) is 16.5. The molecule has 17 nitrogen and oxygen atoms in total. The van der Waals surface area contributed by atoms with E-state index in [1.807, 2.05) is 4.90 Å². The van der Waals surface area contributed by atoms with Gasteiger partial charge in [0, 0.05) is 81.0 Å². The van der Waals surface area contributed by atoms with Crippen LogP contribution in [-0.4, -0.2) is 136 Å². The fourth-order valence-corrected chi connectivity index (χ4v) is 8.91. The van der Waals surface area contributed by atoms with Gasteiger partial charge in [-0.25, -0.2) is 14.4 Å². The molecule has 3 fully saturated rings. The molecule has 4 aliphatic rings. The Balaban J connectivity index is 0.765. The van der Waals surface area contributed by atoms with E-state index in [4.69, 9.17) is 16.3 Å². The minimum Gasteiger partial charge on any atom is -0.491 e. The highest BCUT2D eigenvalue weighted by atomic mass is 35.5. The predicted octanol–water partition coefficient (Wildman–Crippen LogP) is 4.57. The van der Waals surface area contributed by atoms with Crippen LogP contribution in [0.3, 0.4) is 0 Å². The number of amides is 6. The molecule has 0 spiro atoms. The van der Waals surface area contributed by atoms with Crippen molar-refractivity contribution in [1.29, 1.82) is 0 Å². The number of likely N-dealkylation sites (tertiary alicyclic amines) is 1. The second-order valence-electron chi connectivity index (χ2n) is 16.1. The Bertz CT molecular complexity index is 2510. The fraction of sp³-hybridized carbons (Fsp3) is 0.378. The van der Waals surface area contributed by atoms with E-state index in [0.717, 1.165) is 56.9 Å². The van der Waals surface area contributed by atoms with Crippen LogP contribution in [0.25, 0.3) is 10.9 Å². The number of hydrogen-bond acceptors (Lipinski definition) is 13. The highest BCUT2D eigenvalue weighted by molar-refractivity contribution is 6.31. The highest BCUT2D eigenvalue weighted by Gasteiger charge is 2.45. The third-order valence-electron chi connectivity index (χ3n) is 12.1. The van der Waals surface area contributed by atoms with Gasteiger partial charge in [0.1, 0.15) is 29.8 Å². The first-order valence-corrected chi connectivity index (χ1v) is 21.7. The maximum Gasteiger partial charge on any atom is 0.264 e. The van der Waals surface area contributed by atoms with E-state index in [9.17, 15) is 33.2 Å². The van der Waals surface area contributed by atoms with E-state index in [1.165, 1.54) is 24.5 Å². The van der Waals surface area contributed by atoms with Gasteiger partial charge in [-0.2, -0.15) is 0 Å². The van der Waals surface area contributed by atoms with Crippen molar-refractivity contribution in [2.75, 3.05) is 74.9 Å². The Hall–Kier alpha value is -6.50. The van der Waals surface area contributed by atoms with Gasteiger partial charge in [-0.05, 0) is 81.2 Å².